The molecule has 0 N–H and O–H groups in total. The van der Waals surface area contributed by atoms with E-state index in [0.717, 1.165) is 0 Å². The van der Waals surface area contributed by atoms with E-state index >= 15 is 0 Å². The molecule has 0 amide bonds. The third kappa shape index (κ3) is 30.8. The van der Waals surface area contributed by atoms with Crippen LogP contribution in [-0.2, 0) is 19.5 Å². The molecule has 0 spiro atoms. The zero-order valence-electron chi connectivity index (χ0n) is 35.2. The third-order valence-corrected chi connectivity index (χ3v) is 11.6. The molecule has 0 aliphatic rings. The topological polar surface area (TPSA) is 8.81 Å². The van der Waals surface area contributed by atoms with E-state index in [1.54, 1.807) is 5.82 Å². The molecular formula is C48H95N2+. The van der Waals surface area contributed by atoms with Crippen molar-refractivity contribution in [2.75, 3.05) is 0 Å². The Kier molecular flexibility index (Phi) is 37.2. The standard InChI is InChI=1S/C48H95N2/c1-4-7-10-13-16-19-21-23-24-25-26-28-30-33-36-39-42-45-50-47-46-49(44-41-38-35-32-18-15-12-9-6-3)48(50)43-40-37-34-31-29-27-22-20-17-14-11-8-5-2/h46-47H,4-45H2,1-3H3/q+1. The van der Waals surface area contributed by atoms with E-state index in [0.29, 0.717) is 0 Å². The van der Waals surface area contributed by atoms with Gasteiger partial charge in [0.1, 0.15) is 12.4 Å². The second-order valence-corrected chi connectivity index (χ2v) is 16.6. The van der Waals surface area contributed by atoms with Gasteiger partial charge in [-0.2, -0.15) is 0 Å². The second kappa shape index (κ2) is 39.4. The number of hydrogen-bond acceptors (Lipinski definition) is 0. The van der Waals surface area contributed by atoms with Crippen molar-refractivity contribution in [3.05, 3.63) is 18.2 Å². The lowest BCUT2D eigenvalue weighted by Crippen LogP contribution is -2.37. The summed E-state index contributed by atoms with van der Waals surface area (Å²) in [5.41, 5.74) is 0. The summed E-state index contributed by atoms with van der Waals surface area (Å²) in [6, 6.07) is 0. The van der Waals surface area contributed by atoms with Gasteiger partial charge >= 0.3 is 0 Å². The molecule has 0 unspecified atom stereocenters. The predicted molar refractivity (Wildman–Crippen MR) is 225 cm³/mol. The Morgan fingerprint density at radius 3 is 0.960 bits per heavy atom. The Bertz CT molecular complexity index is 766. The van der Waals surface area contributed by atoms with Gasteiger partial charge in [-0.25, -0.2) is 9.13 Å². The summed E-state index contributed by atoms with van der Waals surface area (Å²) in [4.78, 5) is 0. The predicted octanol–water partition coefficient (Wildman–Crippen LogP) is 16.6. The molecule has 0 radical (unpaired) electrons. The smallest absolute Gasteiger partial charge is 0.234 e. The highest BCUT2D eigenvalue weighted by Crippen LogP contribution is 2.17. The number of aromatic nitrogens is 2. The molecule has 1 heterocycles. The number of imidazole rings is 1. The summed E-state index contributed by atoms with van der Waals surface area (Å²) in [6.45, 7) is 9.41. The fraction of sp³-hybridized carbons (Fsp3) is 0.938. The summed E-state index contributed by atoms with van der Waals surface area (Å²) < 4.78 is 5.30. The number of nitrogens with zero attached hydrogens (tertiary/aromatic N) is 2. The van der Waals surface area contributed by atoms with E-state index in [1.807, 2.05) is 0 Å². The Balaban J connectivity index is 2.23. The number of hydrogen-bond donors (Lipinski definition) is 0. The number of aryl methyl sites for hydroxylation is 2. The van der Waals surface area contributed by atoms with Crippen molar-refractivity contribution in [2.24, 2.45) is 0 Å². The first-order valence-corrected chi connectivity index (χ1v) is 23.9. The minimum Gasteiger partial charge on any atom is -0.234 e. The van der Waals surface area contributed by atoms with Crippen LogP contribution in [0.5, 0.6) is 0 Å². The molecule has 0 atom stereocenters. The lowest BCUT2D eigenvalue weighted by Gasteiger charge is -2.07. The van der Waals surface area contributed by atoms with Crippen molar-refractivity contribution in [1.82, 2.24) is 4.57 Å². The maximum Gasteiger partial charge on any atom is 0.256 e. The van der Waals surface area contributed by atoms with Gasteiger partial charge in [-0.1, -0.05) is 239 Å². The van der Waals surface area contributed by atoms with E-state index in [1.165, 1.54) is 270 Å². The first kappa shape index (κ1) is 47.2. The molecule has 0 bridgehead atoms. The highest BCUT2D eigenvalue weighted by molar-refractivity contribution is 4.84. The van der Waals surface area contributed by atoms with Gasteiger partial charge in [-0.15, -0.1) is 0 Å². The van der Waals surface area contributed by atoms with Crippen molar-refractivity contribution in [3.8, 4) is 0 Å². The molecule has 0 fully saturated rings. The van der Waals surface area contributed by atoms with E-state index in [-0.39, 0.29) is 0 Å². The van der Waals surface area contributed by atoms with E-state index in [9.17, 15) is 0 Å². The van der Waals surface area contributed by atoms with Gasteiger partial charge in [0, 0.05) is 6.42 Å². The van der Waals surface area contributed by atoms with Crippen LogP contribution in [0.3, 0.4) is 0 Å². The molecule has 296 valence electrons. The van der Waals surface area contributed by atoms with Gasteiger partial charge in [0.05, 0.1) is 13.1 Å². The van der Waals surface area contributed by atoms with Crippen LogP contribution >= 0.6 is 0 Å². The van der Waals surface area contributed by atoms with Gasteiger partial charge in [0.25, 0.3) is 5.82 Å². The van der Waals surface area contributed by atoms with Crippen LogP contribution in [0, 0.1) is 0 Å². The summed E-state index contributed by atoms with van der Waals surface area (Å²) in [6.07, 6.45) is 62.3. The maximum absolute atomic E-state index is 2.65. The van der Waals surface area contributed by atoms with Gasteiger partial charge in [0.2, 0.25) is 0 Å². The lowest BCUT2D eigenvalue weighted by atomic mass is 10.0. The molecule has 1 rings (SSSR count). The molecule has 50 heavy (non-hydrogen) atoms. The van der Waals surface area contributed by atoms with Gasteiger partial charge in [0.15, 0.2) is 0 Å². The first-order valence-electron chi connectivity index (χ1n) is 23.9. The Morgan fingerprint density at radius 2 is 0.620 bits per heavy atom. The van der Waals surface area contributed by atoms with Gasteiger partial charge in [-0.3, -0.25) is 0 Å². The summed E-state index contributed by atoms with van der Waals surface area (Å²) in [5.74, 6) is 1.63. The third-order valence-electron chi connectivity index (χ3n) is 11.6. The number of rotatable bonds is 42. The van der Waals surface area contributed by atoms with E-state index < -0.39 is 0 Å². The quantitative estimate of drug-likeness (QED) is 0.0474. The summed E-state index contributed by atoms with van der Waals surface area (Å²) in [7, 11) is 0. The minimum absolute atomic E-state index is 1.23. The Morgan fingerprint density at radius 1 is 0.340 bits per heavy atom. The molecule has 0 aliphatic heterocycles. The molecule has 0 aliphatic carbocycles. The fourth-order valence-corrected chi connectivity index (χ4v) is 8.09. The molecule has 0 aromatic carbocycles. The SMILES string of the molecule is CCCCCCCCCCCCCCCCCCCn1cc[n+](CCCCCCCCCCC)c1CCCCCCCCCCCCCCC. The van der Waals surface area contributed by atoms with Crippen molar-refractivity contribution >= 4 is 0 Å². The zero-order valence-corrected chi connectivity index (χ0v) is 35.2. The summed E-state index contributed by atoms with van der Waals surface area (Å²) >= 11 is 0. The molecular weight excluding hydrogens is 605 g/mol. The van der Waals surface area contributed by atoms with E-state index in [4.69, 9.17) is 0 Å². The van der Waals surface area contributed by atoms with Crippen molar-refractivity contribution in [2.45, 2.75) is 291 Å². The second-order valence-electron chi connectivity index (χ2n) is 16.6. The van der Waals surface area contributed by atoms with Crippen LogP contribution in [0.2, 0.25) is 0 Å². The fourth-order valence-electron chi connectivity index (χ4n) is 8.09. The maximum atomic E-state index is 2.65. The highest BCUT2D eigenvalue weighted by Gasteiger charge is 2.16. The van der Waals surface area contributed by atoms with Crippen LogP contribution < -0.4 is 4.57 Å². The molecule has 0 saturated carbocycles. The van der Waals surface area contributed by atoms with Gasteiger partial charge in [-0.05, 0) is 32.1 Å². The Hall–Kier alpha value is -0.790. The van der Waals surface area contributed by atoms with Crippen LogP contribution in [0.4, 0.5) is 0 Å². The normalized spacial score (nSPS) is 11.7. The van der Waals surface area contributed by atoms with Crippen LogP contribution in [0.15, 0.2) is 12.4 Å². The lowest BCUT2D eigenvalue weighted by molar-refractivity contribution is -0.704. The van der Waals surface area contributed by atoms with Crippen molar-refractivity contribution in [1.29, 1.82) is 0 Å². The first-order chi connectivity index (χ1) is 24.8. The monoisotopic (exact) mass is 700 g/mol. The molecule has 2 nitrogen and oxygen atoms in total. The average molecular weight is 700 g/mol. The van der Waals surface area contributed by atoms with E-state index in [2.05, 4.69) is 42.3 Å². The largest absolute Gasteiger partial charge is 0.256 e. The average Bonchev–Trinajstić information content (AvgIpc) is 3.51. The van der Waals surface area contributed by atoms with Crippen LogP contribution in [0.25, 0.3) is 0 Å². The van der Waals surface area contributed by atoms with Gasteiger partial charge < -0.3 is 0 Å². The number of unbranched alkanes of at least 4 members (excludes halogenated alkanes) is 36. The molecule has 2 heteroatoms. The molecule has 1 aromatic heterocycles. The highest BCUT2D eigenvalue weighted by atomic mass is 15.1. The molecule has 0 saturated heterocycles. The van der Waals surface area contributed by atoms with Crippen LogP contribution in [0.1, 0.15) is 277 Å². The molecule has 1 aromatic rings. The minimum atomic E-state index is 1.23. The summed E-state index contributed by atoms with van der Waals surface area (Å²) in [5, 5.41) is 0. The van der Waals surface area contributed by atoms with Crippen molar-refractivity contribution in [3.63, 3.8) is 0 Å². The van der Waals surface area contributed by atoms with Crippen molar-refractivity contribution < 1.29 is 4.57 Å². The zero-order chi connectivity index (χ0) is 35.8. The van der Waals surface area contributed by atoms with Crippen LogP contribution in [-0.4, -0.2) is 4.57 Å². The Labute approximate surface area is 317 Å².